The lowest BCUT2D eigenvalue weighted by molar-refractivity contribution is 0.261. The lowest BCUT2D eigenvalue weighted by Crippen LogP contribution is -2.29. The molecule has 0 amide bonds. The first-order chi connectivity index (χ1) is 14.8. The lowest BCUT2D eigenvalue weighted by atomic mass is 9.97. The molecule has 3 aromatic carbocycles. The Morgan fingerprint density at radius 1 is 0.677 bits per heavy atom. The molecule has 0 spiro atoms. The minimum atomic E-state index is 0. The van der Waals surface area contributed by atoms with E-state index in [1.54, 1.807) is 0 Å². The maximum absolute atomic E-state index is 5.70. The Kier molecular flexibility index (Phi) is 11.9. The van der Waals surface area contributed by atoms with E-state index < -0.39 is 0 Å². The van der Waals surface area contributed by atoms with E-state index in [-0.39, 0.29) is 12.4 Å². The highest BCUT2D eigenvalue weighted by Crippen LogP contribution is 2.28. The van der Waals surface area contributed by atoms with Crippen molar-refractivity contribution in [2.24, 2.45) is 11.5 Å². The molecule has 0 unspecified atom stereocenters. The van der Waals surface area contributed by atoms with Crippen LogP contribution in [0, 0.1) is 0 Å². The largest absolute Gasteiger partial charge is 0.330 e. The van der Waals surface area contributed by atoms with Crippen LogP contribution in [0.5, 0.6) is 0 Å². The summed E-state index contributed by atoms with van der Waals surface area (Å²) in [5.74, 6) is 0. The van der Waals surface area contributed by atoms with Gasteiger partial charge in [-0.3, -0.25) is 0 Å². The summed E-state index contributed by atoms with van der Waals surface area (Å²) in [6, 6.07) is 19.7. The Labute approximate surface area is 193 Å². The molecule has 0 radical (unpaired) electrons. The molecule has 170 valence electrons. The van der Waals surface area contributed by atoms with Gasteiger partial charge in [0.25, 0.3) is 0 Å². The summed E-state index contributed by atoms with van der Waals surface area (Å²) in [4.78, 5) is 2.56. The van der Waals surface area contributed by atoms with Crippen molar-refractivity contribution < 1.29 is 0 Å². The Balaban J connectivity index is 0.00000341. The molecule has 31 heavy (non-hydrogen) atoms. The van der Waals surface area contributed by atoms with Crippen LogP contribution in [0.1, 0.15) is 37.7 Å². The highest BCUT2D eigenvalue weighted by Gasteiger charge is 2.07. The molecule has 3 aromatic rings. The summed E-state index contributed by atoms with van der Waals surface area (Å²) in [5, 5.41) is 9.06. The van der Waals surface area contributed by atoms with Gasteiger partial charge in [-0.15, -0.1) is 12.4 Å². The quantitative estimate of drug-likeness (QED) is 0.250. The third kappa shape index (κ3) is 7.74. The maximum atomic E-state index is 5.70. The highest BCUT2D eigenvalue weighted by atomic mass is 35.5. The second kappa shape index (κ2) is 14.4. The van der Waals surface area contributed by atoms with Crippen LogP contribution in [0.25, 0.3) is 21.5 Å². The summed E-state index contributed by atoms with van der Waals surface area (Å²) < 4.78 is 0. The SMILES string of the molecule is Cl.NCCCCN(CCCN)CCCCNCc1c2ccccc2cc2ccccc12. The topological polar surface area (TPSA) is 67.3 Å². The first-order valence-electron chi connectivity index (χ1n) is 11.6. The number of halogens is 1. The predicted molar refractivity (Wildman–Crippen MR) is 138 cm³/mol. The number of hydrogen-bond acceptors (Lipinski definition) is 4. The summed E-state index contributed by atoms with van der Waals surface area (Å²) in [6.45, 7) is 6.93. The molecule has 0 atom stereocenters. The van der Waals surface area contributed by atoms with Gasteiger partial charge in [0.15, 0.2) is 0 Å². The molecular weight excluding hydrogens is 404 g/mol. The number of nitrogens with two attached hydrogens (primary N) is 2. The lowest BCUT2D eigenvalue weighted by Gasteiger charge is -2.22. The van der Waals surface area contributed by atoms with E-state index in [9.17, 15) is 0 Å². The van der Waals surface area contributed by atoms with E-state index in [2.05, 4.69) is 64.8 Å². The van der Waals surface area contributed by atoms with E-state index in [1.165, 1.54) is 46.4 Å². The average Bonchev–Trinajstić information content (AvgIpc) is 2.78. The van der Waals surface area contributed by atoms with Gasteiger partial charge in [0, 0.05) is 6.54 Å². The average molecular weight is 443 g/mol. The van der Waals surface area contributed by atoms with E-state index >= 15 is 0 Å². The first kappa shape index (κ1) is 25.6. The van der Waals surface area contributed by atoms with Gasteiger partial charge < -0.3 is 21.7 Å². The second-order valence-corrected chi connectivity index (χ2v) is 8.16. The van der Waals surface area contributed by atoms with Crippen LogP contribution >= 0.6 is 12.4 Å². The molecule has 5 N–H and O–H groups in total. The molecule has 0 aromatic heterocycles. The van der Waals surface area contributed by atoms with E-state index in [0.29, 0.717) is 0 Å². The van der Waals surface area contributed by atoms with Gasteiger partial charge in [-0.1, -0.05) is 48.5 Å². The number of benzene rings is 3. The minimum absolute atomic E-state index is 0. The van der Waals surface area contributed by atoms with Crippen LogP contribution in [0.3, 0.4) is 0 Å². The molecule has 0 saturated carbocycles. The van der Waals surface area contributed by atoms with Crippen molar-refractivity contribution in [2.75, 3.05) is 39.3 Å². The maximum Gasteiger partial charge on any atom is 0.0217 e. The van der Waals surface area contributed by atoms with Gasteiger partial charge in [0.05, 0.1) is 0 Å². The Hall–Kier alpha value is -1.69. The molecule has 0 aliphatic carbocycles. The molecule has 0 heterocycles. The van der Waals surface area contributed by atoms with Gasteiger partial charge in [0.2, 0.25) is 0 Å². The Morgan fingerprint density at radius 3 is 1.84 bits per heavy atom. The first-order valence-corrected chi connectivity index (χ1v) is 11.6. The molecule has 3 rings (SSSR count). The Morgan fingerprint density at radius 2 is 1.23 bits per heavy atom. The fraction of sp³-hybridized carbons (Fsp3) is 0.462. The van der Waals surface area contributed by atoms with Crippen LogP contribution in [0.2, 0.25) is 0 Å². The number of fused-ring (bicyclic) bond motifs is 2. The third-order valence-corrected chi connectivity index (χ3v) is 5.87. The fourth-order valence-corrected chi connectivity index (χ4v) is 4.23. The molecule has 5 heteroatoms. The fourth-order valence-electron chi connectivity index (χ4n) is 4.23. The van der Waals surface area contributed by atoms with Gasteiger partial charge in [-0.2, -0.15) is 0 Å². The monoisotopic (exact) mass is 442 g/mol. The van der Waals surface area contributed by atoms with Gasteiger partial charge in [-0.25, -0.2) is 0 Å². The summed E-state index contributed by atoms with van der Waals surface area (Å²) in [7, 11) is 0. The zero-order valence-electron chi connectivity index (χ0n) is 18.7. The molecule has 4 nitrogen and oxygen atoms in total. The molecule has 0 aliphatic heterocycles. The van der Waals surface area contributed by atoms with Crippen LogP contribution in [-0.2, 0) is 6.54 Å². The molecule has 0 fully saturated rings. The minimum Gasteiger partial charge on any atom is -0.330 e. The standard InChI is InChI=1S/C26H38N4.ClH/c27-14-5-7-17-30(19-9-15-28)18-8-6-16-29-21-26-24-12-3-1-10-22(24)20-23-11-2-4-13-25(23)26;/h1-4,10-13,20,29H,5-9,14-19,21,27-28H2;1H. The van der Waals surface area contributed by atoms with Crippen molar-refractivity contribution in [2.45, 2.75) is 38.6 Å². The smallest absolute Gasteiger partial charge is 0.0217 e. The normalized spacial score (nSPS) is 11.3. The van der Waals surface area contributed by atoms with Crippen LogP contribution < -0.4 is 16.8 Å². The summed E-state index contributed by atoms with van der Waals surface area (Å²) in [5.41, 5.74) is 12.8. The number of nitrogens with one attached hydrogen (secondary N) is 1. The van der Waals surface area contributed by atoms with Crippen molar-refractivity contribution in [3.63, 3.8) is 0 Å². The van der Waals surface area contributed by atoms with Crippen LogP contribution in [0.4, 0.5) is 0 Å². The van der Waals surface area contributed by atoms with Crippen molar-refractivity contribution in [3.8, 4) is 0 Å². The highest BCUT2D eigenvalue weighted by molar-refractivity contribution is 6.02. The molecule has 0 bridgehead atoms. The zero-order chi connectivity index (χ0) is 21.0. The predicted octanol–water partition coefficient (Wildman–Crippen LogP) is 4.67. The van der Waals surface area contributed by atoms with E-state index in [0.717, 1.165) is 58.7 Å². The van der Waals surface area contributed by atoms with Gasteiger partial charge in [-0.05, 0) is 105 Å². The summed E-state index contributed by atoms with van der Waals surface area (Å²) >= 11 is 0. The third-order valence-electron chi connectivity index (χ3n) is 5.87. The molecular formula is C26H39ClN4. The number of rotatable bonds is 14. The van der Waals surface area contributed by atoms with Crippen molar-refractivity contribution in [1.29, 1.82) is 0 Å². The summed E-state index contributed by atoms with van der Waals surface area (Å²) in [6.07, 6.45) is 5.79. The van der Waals surface area contributed by atoms with Gasteiger partial charge in [0.1, 0.15) is 0 Å². The Bertz CT molecular complexity index is 845. The molecule has 0 saturated heterocycles. The zero-order valence-corrected chi connectivity index (χ0v) is 19.5. The van der Waals surface area contributed by atoms with Gasteiger partial charge >= 0.3 is 0 Å². The van der Waals surface area contributed by atoms with E-state index in [4.69, 9.17) is 11.5 Å². The van der Waals surface area contributed by atoms with Crippen LogP contribution in [-0.4, -0.2) is 44.2 Å². The molecule has 0 aliphatic rings. The van der Waals surface area contributed by atoms with Crippen LogP contribution in [0.15, 0.2) is 54.6 Å². The number of hydrogen-bond donors (Lipinski definition) is 3. The van der Waals surface area contributed by atoms with Crippen molar-refractivity contribution >= 4 is 34.0 Å². The van der Waals surface area contributed by atoms with E-state index in [1.807, 2.05) is 0 Å². The second-order valence-electron chi connectivity index (χ2n) is 8.16. The van der Waals surface area contributed by atoms with Crippen molar-refractivity contribution in [1.82, 2.24) is 10.2 Å². The van der Waals surface area contributed by atoms with Crippen molar-refractivity contribution in [3.05, 3.63) is 60.2 Å². The number of nitrogens with zero attached hydrogens (tertiary/aromatic N) is 1. The number of unbranched alkanes of at least 4 members (excludes halogenated alkanes) is 2.